The second-order valence-corrected chi connectivity index (χ2v) is 3.73. The molecular weight excluding hydrogens is 232 g/mol. The van der Waals surface area contributed by atoms with E-state index in [1.165, 1.54) is 6.33 Å². The van der Waals surface area contributed by atoms with E-state index in [4.69, 9.17) is 4.74 Å². The van der Waals surface area contributed by atoms with Crippen molar-refractivity contribution < 1.29 is 9.53 Å². The molecule has 0 aliphatic heterocycles. The van der Waals surface area contributed by atoms with Gasteiger partial charge in [-0.05, 0) is 26.0 Å². The first-order chi connectivity index (χ1) is 8.76. The lowest BCUT2D eigenvalue weighted by atomic mass is 10.4. The van der Waals surface area contributed by atoms with Crippen LogP contribution in [0.2, 0.25) is 0 Å². The van der Waals surface area contributed by atoms with Crippen molar-refractivity contribution in [1.82, 2.24) is 19.3 Å². The second-order valence-electron chi connectivity index (χ2n) is 3.73. The summed E-state index contributed by atoms with van der Waals surface area (Å²) < 4.78 is 8.61. The molecule has 2 aromatic rings. The molecule has 0 atom stereocenters. The highest BCUT2D eigenvalue weighted by molar-refractivity contribution is 5.87. The van der Waals surface area contributed by atoms with Crippen molar-refractivity contribution in [2.45, 2.75) is 26.9 Å². The first-order valence-corrected chi connectivity index (χ1v) is 5.95. The lowest BCUT2D eigenvalue weighted by Crippen LogP contribution is -2.15. The van der Waals surface area contributed by atoms with Gasteiger partial charge in [0.1, 0.15) is 17.8 Å². The van der Waals surface area contributed by atoms with Crippen LogP contribution in [-0.2, 0) is 17.8 Å². The summed E-state index contributed by atoms with van der Waals surface area (Å²) in [4.78, 5) is 15.9. The Morgan fingerprint density at radius 1 is 1.44 bits per heavy atom. The molecule has 2 aromatic heterocycles. The van der Waals surface area contributed by atoms with Crippen LogP contribution in [0.1, 0.15) is 30.2 Å². The monoisotopic (exact) mass is 248 g/mol. The van der Waals surface area contributed by atoms with Crippen molar-refractivity contribution in [3.63, 3.8) is 0 Å². The standard InChI is InChI=1S/C12H16N4O2/c1-3-16-11(13-9-14-16)8-15-7-5-6-10(15)12(17)18-4-2/h5-7,9H,3-4,8H2,1-2H3. The fraction of sp³-hybridized carbons (Fsp3) is 0.417. The zero-order valence-corrected chi connectivity index (χ0v) is 10.5. The maximum Gasteiger partial charge on any atom is 0.354 e. The number of rotatable bonds is 5. The predicted octanol–water partition coefficient (Wildman–Crippen LogP) is 1.32. The lowest BCUT2D eigenvalue weighted by Gasteiger charge is -2.08. The van der Waals surface area contributed by atoms with Crippen LogP contribution in [0.25, 0.3) is 0 Å². The van der Waals surface area contributed by atoms with E-state index in [-0.39, 0.29) is 5.97 Å². The average Bonchev–Trinajstić information content (AvgIpc) is 2.98. The number of carbonyl (C=O) groups excluding carboxylic acids is 1. The minimum atomic E-state index is -0.315. The topological polar surface area (TPSA) is 61.9 Å². The van der Waals surface area contributed by atoms with Crippen LogP contribution in [0.3, 0.4) is 0 Å². The van der Waals surface area contributed by atoms with E-state index in [1.807, 2.05) is 23.8 Å². The zero-order valence-electron chi connectivity index (χ0n) is 10.5. The minimum absolute atomic E-state index is 0.315. The molecule has 0 saturated carbocycles. The molecule has 96 valence electrons. The summed E-state index contributed by atoms with van der Waals surface area (Å²) in [6.45, 7) is 5.43. The number of nitrogens with zero attached hydrogens (tertiary/aromatic N) is 4. The van der Waals surface area contributed by atoms with Crippen molar-refractivity contribution in [3.05, 3.63) is 36.2 Å². The normalized spacial score (nSPS) is 10.6. The third-order valence-electron chi connectivity index (χ3n) is 2.62. The number of carbonyl (C=O) groups is 1. The van der Waals surface area contributed by atoms with Gasteiger partial charge in [-0.15, -0.1) is 0 Å². The highest BCUT2D eigenvalue weighted by atomic mass is 16.5. The molecule has 0 aromatic carbocycles. The Morgan fingerprint density at radius 3 is 3.00 bits per heavy atom. The summed E-state index contributed by atoms with van der Waals surface area (Å²) in [6.07, 6.45) is 3.35. The Kier molecular flexibility index (Phi) is 3.76. The van der Waals surface area contributed by atoms with Crippen LogP contribution in [-0.4, -0.2) is 31.9 Å². The number of hydrogen-bond acceptors (Lipinski definition) is 4. The van der Waals surface area contributed by atoms with Gasteiger partial charge in [0.2, 0.25) is 0 Å². The van der Waals surface area contributed by atoms with Crippen molar-refractivity contribution >= 4 is 5.97 Å². The molecule has 0 fully saturated rings. The summed E-state index contributed by atoms with van der Waals surface area (Å²) >= 11 is 0. The third-order valence-corrected chi connectivity index (χ3v) is 2.62. The molecule has 0 N–H and O–H groups in total. The predicted molar refractivity (Wildman–Crippen MR) is 65.2 cm³/mol. The van der Waals surface area contributed by atoms with Gasteiger partial charge in [0.05, 0.1) is 13.2 Å². The second kappa shape index (κ2) is 5.48. The zero-order chi connectivity index (χ0) is 13.0. The fourth-order valence-electron chi connectivity index (χ4n) is 1.77. The Hall–Kier alpha value is -2.11. The van der Waals surface area contributed by atoms with Crippen molar-refractivity contribution in [1.29, 1.82) is 0 Å². The van der Waals surface area contributed by atoms with Gasteiger partial charge in [-0.3, -0.25) is 0 Å². The molecule has 18 heavy (non-hydrogen) atoms. The van der Waals surface area contributed by atoms with Crippen molar-refractivity contribution in [2.75, 3.05) is 6.61 Å². The first kappa shape index (κ1) is 12.3. The molecule has 6 heteroatoms. The third kappa shape index (κ3) is 2.42. The Morgan fingerprint density at radius 2 is 2.28 bits per heavy atom. The van der Waals surface area contributed by atoms with E-state index in [2.05, 4.69) is 10.1 Å². The molecule has 0 spiro atoms. The molecule has 6 nitrogen and oxygen atoms in total. The molecular formula is C12H16N4O2. The summed E-state index contributed by atoms with van der Waals surface area (Å²) in [5.74, 6) is 0.504. The van der Waals surface area contributed by atoms with E-state index in [1.54, 1.807) is 17.7 Å². The van der Waals surface area contributed by atoms with Gasteiger partial charge in [-0.1, -0.05) is 0 Å². The Labute approximate surface area is 105 Å². The van der Waals surface area contributed by atoms with Crippen LogP contribution in [0.5, 0.6) is 0 Å². The van der Waals surface area contributed by atoms with Gasteiger partial charge >= 0.3 is 5.97 Å². The number of ether oxygens (including phenoxy) is 1. The van der Waals surface area contributed by atoms with Crippen molar-refractivity contribution in [2.24, 2.45) is 0 Å². The molecule has 2 rings (SSSR count). The summed E-state index contributed by atoms with van der Waals surface area (Å²) in [5, 5.41) is 4.10. The van der Waals surface area contributed by atoms with Gasteiger partial charge in [0.15, 0.2) is 0 Å². The van der Waals surface area contributed by atoms with E-state index in [9.17, 15) is 4.79 Å². The van der Waals surface area contributed by atoms with E-state index >= 15 is 0 Å². The van der Waals surface area contributed by atoms with Crippen LogP contribution in [0.15, 0.2) is 24.7 Å². The number of hydrogen-bond donors (Lipinski definition) is 0. The van der Waals surface area contributed by atoms with Crippen LogP contribution < -0.4 is 0 Å². The molecule has 0 aliphatic carbocycles. The highest BCUT2D eigenvalue weighted by Crippen LogP contribution is 2.07. The number of aryl methyl sites for hydroxylation is 1. The molecule has 0 bridgehead atoms. The van der Waals surface area contributed by atoms with E-state index < -0.39 is 0 Å². The molecule has 0 radical (unpaired) electrons. The van der Waals surface area contributed by atoms with Crippen molar-refractivity contribution in [3.8, 4) is 0 Å². The van der Waals surface area contributed by atoms with Crippen LogP contribution >= 0.6 is 0 Å². The summed E-state index contributed by atoms with van der Waals surface area (Å²) in [5.41, 5.74) is 0.530. The lowest BCUT2D eigenvalue weighted by molar-refractivity contribution is 0.0514. The quantitative estimate of drug-likeness (QED) is 0.749. The number of aromatic nitrogens is 4. The summed E-state index contributed by atoms with van der Waals surface area (Å²) in [6, 6.07) is 3.56. The fourth-order valence-corrected chi connectivity index (χ4v) is 1.77. The van der Waals surface area contributed by atoms with Crippen LogP contribution in [0.4, 0.5) is 0 Å². The van der Waals surface area contributed by atoms with Gasteiger partial charge < -0.3 is 9.30 Å². The largest absolute Gasteiger partial charge is 0.461 e. The van der Waals surface area contributed by atoms with E-state index in [0.717, 1.165) is 12.4 Å². The van der Waals surface area contributed by atoms with Gasteiger partial charge in [-0.2, -0.15) is 5.10 Å². The van der Waals surface area contributed by atoms with E-state index in [0.29, 0.717) is 18.8 Å². The maximum absolute atomic E-state index is 11.7. The van der Waals surface area contributed by atoms with Crippen LogP contribution in [0, 0.1) is 0 Å². The molecule has 0 unspecified atom stereocenters. The number of esters is 1. The Bertz CT molecular complexity index is 530. The first-order valence-electron chi connectivity index (χ1n) is 5.95. The molecule has 0 amide bonds. The van der Waals surface area contributed by atoms with Gasteiger partial charge in [-0.25, -0.2) is 14.5 Å². The van der Waals surface area contributed by atoms with Gasteiger partial charge in [0, 0.05) is 12.7 Å². The van der Waals surface area contributed by atoms with Gasteiger partial charge in [0.25, 0.3) is 0 Å². The Balaban J connectivity index is 2.20. The molecule has 0 saturated heterocycles. The molecule has 2 heterocycles. The SMILES string of the molecule is CCOC(=O)c1cccn1Cc1ncnn1CC. The smallest absolute Gasteiger partial charge is 0.354 e. The average molecular weight is 248 g/mol. The highest BCUT2D eigenvalue weighted by Gasteiger charge is 2.13. The maximum atomic E-state index is 11.7. The minimum Gasteiger partial charge on any atom is -0.461 e. The molecule has 0 aliphatic rings. The summed E-state index contributed by atoms with van der Waals surface area (Å²) in [7, 11) is 0.